The van der Waals surface area contributed by atoms with Gasteiger partial charge in [0, 0.05) is 6.04 Å². The van der Waals surface area contributed by atoms with Crippen molar-refractivity contribution in [2.24, 2.45) is 5.92 Å². The number of hydrogen-bond donors (Lipinski definition) is 1. The number of nitrogens with one attached hydrogen (secondary N) is 1. The molecule has 1 aliphatic carbocycles. The molecule has 0 unspecified atom stereocenters. The molecule has 1 saturated carbocycles. The van der Waals surface area contributed by atoms with E-state index in [1.807, 2.05) is 0 Å². The molecular formula is C17H19F3N2O3. The van der Waals surface area contributed by atoms with E-state index in [4.69, 9.17) is 4.74 Å². The van der Waals surface area contributed by atoms with Crippen LogP contribution in [0.15, 0.2) is 24.3 Å². The first kappa shape index (κ1) is 17.6. The Bertz CT molecular complexity index is 663. The van der Waals surface area contributed by atoms with Gasteiger partial charge in [-0.15, -0.1) is 0 Å². The summed E-state index contributed by atoms with van der Waals surface area (Å²) in [5, 5.41) is 2.48. The first-order valence-corrected chi connectivity index (χ1v) is 8.24. The number of amides is 2. The predicted molar refractivity (Wildman–Crippen MR) is 84.2 cm³/mol. The Balaban J connectivity index is 1.69. The molecule has 2 amide bonds. The minimum Gasteiger partial charge on any atom is -0.482 e. The minimum absolute atomic E-state index is 0.0216. The van der Waals surface area contributed by atoms with Crippen LogP contribution < -0.4 is 15.0 Å². The average Bonchev–Trinajstić information content (AvgIpc) is 2.57. The van der Waals surface area contributed by atoms with E-state index >= 15 is 0 Å². The number of hydrogen-bond acceptors (Lipinski definition) is 3. The van der Waals surface area contributed by atoms with Crippen LogP contribution in [0.2, 0.25) is 0 Å². The van der Waals surface area contributed by atoms with Gasteiger partial charge in [0.2, 0.25) is 5.91 Å². The summed E-state index contributed by atoms with van der Waals surface area (Å²) in [5.74, 6) is -2.05. The Kier molecular flexibility index (Phi) is 4.87. The van der Waals surface area contributed by atoms with Gasteiger partial charge in [-0.2, -0.15) is 13.2 Å². The molecule has 0 bridgehead atoms. The maximum absolute atomic E-state index is 13.1. The highest BCUT2D eigenvalue weighted by atomic mass is 19.4. The zero-order valence-electron chi connectivity index (χ0n) is 13.5. The molecule has 5 nitrogen and oxygen atoms in total. The van der Waals surface area contributed by atoms with Crippen molar-refractivity contribution in [1.82, 2.24) is 5.32 Å². The van der Waals surface area contributed by atoms with Gasteiger partial charge in [-0.1, -0.05) is 25.0 Å². The summed E-state index contributed by atoms with van der Waals surface area (Å²) in [6, 6.07) is 5.81. The lowest BCUT2D eigenvalue weighted by Crippen LogP contribution is -2.51. The number of carbonyl (C=O) groups is 2. The molecule has 8 heteroatoms. The van der Waals surface area contributed by atoms with E-state index in [9.17, 15) is 22.8 Å². The van der Waals surface area contributed by atoms with Crippen LogP contribution in [0.1, 0.15) is 25.7 Å². The van der Waals surface area contributed by atoms with E-state index in [0.29, 0.717) is 30.7 Å². The van der Waals surface area contributed by atoms with Gasteiger partial charge in [-0.3, -0.25) is 14.5 Å². The van der Waals surface area contributed by atoms with Gasteiger partial charge in [-0.25, -0.2) is 0 Å². The van der Waals surface area contributed by atoms with E-state index in [0.717, 1.165) is 0 Å². The maximum Gasteiger partial charge on any atom is 0.393 e. The van der Waals surface area contributed by atoms with Crippen molar-refractivity contribution in [2.45, 2.75) is 37.9 Å². The summed E-state index contributed by atoms with van der Waals surface area (Å²) in [5.41, 5.74) is 0.449. The molecule has 0 aromatic heterocycles. The van der Waals surface area contributed by atoms with E-state index in [1.165, 1.54) is 4.90 Å². The quantitative estimate of drug-likeness (QED) is 0.906. The molecule has 3 rings (SSSR count). The smallest absolute Gasteiger partial charge is 0.393 e. The zero-order valence-corrected chi connectivity index (χ0v) is 13.5. The lowest BCUT2D eigenvalue weighted by Gasteiger charge is -2.34. The second-order valence-electron chi connectivity index (χ2n) is 6.34. The molecule has 0 saturated heterocycles. The van der Waals surface area contributed by atoms with Crippen LogP contribution in [0.25, 0.3) is 0 Å². The van der Waals surface area contributed by atoms with E-state index in [2.05, 4.69) is 5.32 Å². The van der Waals surface area contributed by atoms with Gasteiger partial charge in [-0.05, 0) is 25.0 Å². The molecule has 136 valence electrons. The lowest BCUT2D eigenvalue weighted by molar-refractivity contribution is -0.189. The van der Waals surface area contributed by atoms with Gasteiger partial charge >= 0.3 is 6.18 Å². The molecule has 1 aromatic rings. The van der Waals surface area contributed by atoms with Crippen molar-refractivity contribution >= 4 is 17.5 Å². The van der Waals surface area contributed by atoms with Crippen molar-refractivity contribution in [2.75, 3.05) is 18.1 Å². The molecule has 1 aromatic carbocycles. The van der Waals surface area contributed by atoms with Crippen LogP contribution in [0.4, 0.5) is 18.9 Å². The van der Waals surface area contributed by atoms with Crippen LogP contribution >= 0.6 is 0 Å². The number of anilines is 1. The van der Waals surface area contributed by atoms with Crippen LogP contribution in [0, 0.1) is 5.92 Å². The first-order chi connectivity index (χ1) is 11.9. The summed E-state index contributed by atoms with van der Waals surface area (Å²) in [6.45, 7) is -0.515. The van der Waals surface area contributed by atoms with E-state index in [1.54, 1.807) is 24.3 Å². The maximum atomic E-state index is 13.1. The number of fused-ring (bicyclic) bond motifs is 1. The molecule has 1 aliphatic heterocycles. The molecule has 2 aliphatic rings. The molecule has 0 radical (unpaired) electrons. The predicted octanol–water partition coefficient (Wildman–Crippen LogP) is 2.65. The van der Waals surface area contributed by atoms with Crippen LogP contribution in [-0.4, -0.2) is 37.2 Å². The lowest BCUT2D eigenvalue weighted by atomic mass is 9.84. The molecule has 1 heterocycles. The Morgan fingerprint density at radius 3 is 2.72 bits per heavy atom. The molecule has 1 fully saturated rings. The summed E-state index contributed by atoms with van der Waals surface area (Å²) < 4.78 is 44.7. The Labute approximate surface area is 143 Å². The Hall–Kier alpha value is -2.25. The van der Waals surface area contributed by atoms with Crippen LogP contribution in [0.3, 0.4) is 0 Å². The topological polar surface area (TPSA) is 58.6 Å². The summed E-state index contributed by atoms with van der Waals surface area (Å²) in [6.07, 6.45) is -2.86. The fourth-order valence-corrected chi connectivity index (χ4v) is 3.42. The number of para-hydroxylation sites is 2. The van der Waals surface area contributed by atoms with Gasteiger partial charge in [0.25, 0.3) is 5.91 Å². The third kappa shape index (κ3) is 3.88. The third-order valence-electron chi connectivity index (χ3n) is 4.64. The molecule has 2 atom stereocenters. The highest BCUT2D eigenvalue weighted by molar-refractivity contribution is 6.02. The zero-order chi connectivity index (χ0) is 18.0. The second-order valence-corrected chi connectivity index (χ2v) is 6.34. The minimum atomic E-state index is -4.33. The van der Waals surface area contributed by atoms with E-state index < -0.39 is 30.0 Å². The fraction of sp³-hybridized carbons (Fsp3) is 0.529. The van der Waals surface area contributed by atoms with Gasteiger partial charge in [0.15, 0.2) is 6.61 Å². The van der Waals surface area contributed by atoms with Crippen molar-refractivity contribution in [1.29, 1.82) is 0 Å². The Morgan fingerprint density at radius 2 is 1.96 bits per heavy atom. The molecule has 1 N–H and O–H groups in total. The second kappa shape index (κ2) is 6.93. The first-order valence-electron chi connectivity index (χ1n) is 8.24. The average molecular weight is 356 g/mol. The summed E-state index contributed by atoms with van der Waals surface area (Å²) in [4.78, 5) is 25.6. The van der Waals surface area contributed by atoms with Crippen molar-refractivity contribution in [3.05, 3.63) is 24.3 Å². The van der Waals surface area contributed by atoms with Gasteiger partial charge in [0.05, 0.1) is 11.6 Å². The number of rotatable bonds is 3. The van der Waals surface area contributed by atoms with Crippen molar-refractivity contribution in [3.63, 3.8) is 0 Å². The largest absolute Gasteiger partial charge is 0.482 e. The number of benzene rings is 1. The molecular weight excluding hydrogens is 337 g/mol. The third-order valence-corrected chi connectivity index (χ3v) is 4.64. The van der Waals surface area contributed by atoms with Crippen molar-refractivity contribution < 1.29 is 27.5 Å². The summed E-state index contributed by atoms with van der Waals surface area (Å²) >= 11 is 0. The number of halogens is 3. The normalized spacial score (nSPS) is 23.6. The highest BCUT2D eigenvalue weighted by Gasteiger charge is 2.46. The van der Waals surface area contributed by atoms with Gasteiger partial charge < -0.3 is 10.1 Å². The Morgan fingerprint density at radius 1 is 1.24 bits per heavy atom. The number of ether oxygens (including phenoxy) is 1. The SMILES string of the molecule is O=C(CN1C(=O)COc2ccccc21)N[C@@H]1CCCC[C@H]1C(F)(F)F. The van der Waals surface area contributed by atoms with Crippen LogP contribution in [0.5, 0.6) is 5.75 Å². The van der Waals surface area contributed by atoms with E-state index in [-0.39, 0.29) is 19.6 Å². The number of nitrogens with zero attached hydrogens (tertiary/aromatic N) is 1. The highest BCUT2D eigenvalue weighted by Crippen LogP contribution is 2.38. The summed E-state index contributed by atoms with van der Waals surface area (Å²) in [7, 11) is 0. The fourth-order valence-electron chi connectivity index (χ4n) is 3.42. The van der Waals surface area contributed by atoms with Gasteiger partial charge in [0.1, 0.15) is 12.3 Å². The van der Waals surface area contributed by atoms with Crippen molar-refractivity contribution in [3.8, 4) is 5.75 Å². The number of alkyl halides is 3. The monoisotopic (exact) mass is 356 g/mol. The number of carbonyl (C=O) groups excluding carboxylic acids is 2. The molecule has 25 heavy (non-hydrogen) atoms. The van der Waals surface area contributed by atoms with Crippen LogP contribution in [-0.2, 0) is 9.59 Å². The molecule has 0 spiro atoms. The standard InChI is InChI=1S/C17H19F3N2O3/c18-17(19,20)11-5-1-2-6-12(11)21-15(23)9-22-13-7-3-4-8-14(13)25-10-16(22)24/h3-4,7-8,11-12H,1-2,5-6,9-10H2,(H,21,23)/t11-,12-/m1/s1.